The molecule has 2 aromatic heterocycles. The average molecular weight is 455 g/mol. The number of para-hydroxylation sites is 1. The standard InChI is InChI=1S/C21H18N4O4S2/c1-29-17-10-9-14(12-19(17)31(22,27)28)23-21(26)16-13-25(15-6-3-2-4-7-15)24-20(16)18-8-5-11-30-18/h2-13H,1H3,(H,23,26)(H2,22,27,28). The predicted molar refractivity (Wildman–Crippen MR) is 119 cm³/mol. The molecule has 0 unspecified atom stereocenters. The molecule has 158 valence electrons. The molecule has 8 nitrogen and oxygen atoms in total. The first-order valence-corrected chi connectivity index (χ1v) is 11.5. The molecule has 0 aliphatic heterocycles. The fourth-order valence-electron chi connectivity index (χ4n) is 3.02. The van der Waals surface area contributed by atoms with E-state index in [1.54, 1.807) is 10.9 Å². The summed E-state index contributed by atoms with van der Waals surface area (Å²) in [5.41, 5.74) is 1.94. The number of nitrogens with two attached hydrogens (primary N) is 1. The summed E-state index contributed by atoms with van der Waals surface area (Å²) in [6, 6.07) is 17.4. The van der Waals surface area contributed by atoms with Crippen LogP contribution in [0.5, 0.6) is 5.75 Å². The van der Waals surface area contributed by atoms with Crippen LogP contribution in [-0.4, -0.2) is 31.2 Å². The van der Waals surface area contributed by atoms with Crippen molar-refractivity contribution in [2.45, 2.75) is 4.90 Å². The van der Waals surface area contributed by atoms with E-state index in [2.05, 4.69) is 10.4 Å². The minimum atomic E-state index is -4.04. The van der Waals surface area contributed by atoms with Crippen molar-refractivity contribution >= 4 is 33.0 Å². The SMILES string of the molecule is COc1ccc(NC(=O)c2cn(-c3ccccc3)nc2-c2cccs2)cc1S(N)(=O)=O. The van der Waals surface area contributed by atoms with Crippen LogP contribution in [-0.2, 0) is 10.0 Å². The number of sulfonamides is 1. The van der Waals surface area contributed by atoms with Gasteiger partial charge in [-0.25, -0.2) is 18.2 Å². The molecule has 2 aromatic carbocycles. The smallest absolute Gasteiger partial charge is 0.259 e. The second kappa shape index (κ2) is 8.34. The second-order valence-corrected chi connectivity index (χ2v) is 8.99. The first-order chi connectivity index (χ1) is 14.9. The average Bonchev–Trinajstić information content (AvgIpc) is 3.43. The van der Waals surface area contributed by atoms with Gasteiger partial charge in [0.2, 0.25) is 10.0 Å². The molecule has 3 N–H and O–H groups in total. The highest BCUT2D eigenvalue weighted by Crippen LogP contribution is 2.30. The Bertz CT molecular complexity index is 1330. The fourth-order valence-corrected chi connectivity index (χ4v) is 4.47. The molecule has 31 heavy (non-hydrogen) atoms. The van der Waals surface area contributed by atoms with Gasteiger partial charge in [0.1, 0.15) is 16.3 Å². The molecule has 0 aliphatic carbocycles. The maximum absolute atomic E-state index is 13.1. The summed E-state index contributed by atoms with van der Waals surface area (Å²) in [4.78, 5) is 13.7. The van der Waals surface area contributed by atoms with Crippen LogP contribution in [0, 0.1) is 0 Å². The third kappa shape index (κ3) is 4.36. The molecule has 0 aliphatic rings. The molecule has 0 bridgehead atoms. The molecular weight excluding hydrogens is 436 g/mol. The number of ether oxygens (including phenoxy) is 1. The van der Waals surface area contributed by atoms with Crippen molar-refractivity contribution in [2.24, 2.45) is 5.14 Å². The maximum Gasteiger partial charge on any atom is 0.259 e. The summed E-state index contributed by atoms with van der Waals surface area (Å²) in [6.45, 7) is 0. The first kappa shape index (κ1) is 20.8. The Balaban J connectivity index is 1.73. The van der Waals surface area contributed by atoms with Gasteiger partial charge in [0.05, 0.1) is 23.2 Å². The minimum absolute atomic E-state index is 0.0941. The third-order valence-corrected chi connectivity index (χ3v) is 6.27. The van der Waals surface area contributed by atoms with Crippen molar-refractivity contribution in [1.29, 1.82) is 0 Å². The van der Waals surface area contributed by atoms with Gasteiger partial charge in [-0.3, -0.25) is 4.79 Å². The lowest BCUT2D eigenvalue weighted by atomic mass is 10.2. The summed E-state index contributed by atoms with van der Waals surface area (Å²) in [5, 5.41) is 14.5. The second-order valence-electron chi connectivity index (χ2n) is 6.51. The van der Waals surface area contributed by atoms with Gasteiger partial charge in [-0.1, -0.05) is 24.3 Å². The van der Waals surface area contributed by atoms with Crippen LogP contribution >= 0.6 is 11.3 Å². The number of hydrogen-bond acceptors (Lipinski definition) is 6. The predicted octanol–water partition coefficient (Wildman–Crippen LogP) is 3.51. The molecule has 0 saturated carbocycles. The Labute approximate surface area is 183 Å². The molecule has 2 heterocycles. The molecule has 4 aromatic rings. The van der Waals surface area contributed by atoms with E-state index in [0.717, 1.165) is 10.6 Å². The zero-order chi connectivity index (χ0) is 22.0. The van der Waals surface area contributed by atoms with Crippen molar-refractivity contribution in [2.75, 3.05) is 12.4 Å². The number of hydrogen-bond donors (Lipinski definition) is 2. The molecule has 10 heteroatoms. The van der Waals surface area contributed by atoms with Crippen molar-refractivity contribution in [3.8, 4) is 22.0 Å². The summed E-state index contributed by atoms with van der Waals surface area (Å²) in [5.74, 6) is -0.340. The summed E-state index contributed by atoms with van der Waals surface area (Å²) in [7, 11) is -2.69. The number of carbonyl (C=O) groups is 1. The summed E-state index contributed by atoms with van der Waals surface area (Å²) < 4.78 is 30.4. The van der Waals surface area contributed by atoms with Gasteiger partial charge < -0.3 is 10.1 Å². The Kier molecular flexibility index (Phi) is 5.59. The maximum atomic E-state index is 13.1. The van der Waals surface area contributed by atoms with Crippen molar-refractivity contribution in [3.05, 3.63) is 77.8 Å². The highest BCUT2D eigenvalue weighted by molar-refractivity contribution is 7.89. The Hall–Kier alpha value is -3.47. The number of nitrogens with zero attached hydrogens (tertiary/aromatic N) is 2. The highest BCUT2D eigenvalue weighted by atomic mass is 32.2. The Morgan fingerprint density at radius 2 is 1.90 bits per heavy atom. The van der Waals surface area contributed by atoms with E-state index in [1.165, 1.54) is 36.6 Å². The van der Waals surface area contributed by atoms with Gasteiger partial charge in [-0.15, -0.1) is 11.3 Å². The minimum Gasteiger partial charge on any atom is -0.495 e. The third-order valence-electron chi connectivity index (χ3n) is 4.46. The first-order valence-electron chi connectivity index (χ1n) is 9.08. The number of nitrogens with one attached hydrogen (secondary N) is 1. The van der Waals surface area contributed by atoms with E-state index in [4.69, 9.17) is 9.88 Å². The lowest BCUT2D eigenvalue weighted by molar-refractivity contribution is 0.102. The zero-order valence-corrected chi connectivity index (χ0v) is 18.0. The number of aromatic nitrogens is 2. The van der Waals surface area contributed by atoms with Crippen LogP contribution in [0.1, 0.15) is 10.4 Å². The van der Waals surface area contributed by atoms with Crippen LogP contribution in [0.2, 0.25) is 0 Å². The van der Waals surface area contributed by atoms with E-state index in [-0.39, 0.29) is 16.3 Å². The molecule has 0 saturated heterocycles. The van der Waals surface area contributed by atoms with Crippen LogP contribution in [0.4, 0.5) is 5.69 Å². The van der Waals surface area contributed by atoms with E-state index in [1.807, 2.05) is 47.8 Å². The topological polar surface area (TPSA) is 116 Å². The van der Waals surface area contributed by atoms with Crippen LogP contribution in [0.25, 0.3) is 16.3 Å². The zero-order valence-electron chi connectivity index (χ0n) is 16.3. The van der Waals surface area contributed by atoms with Crippen molar-refractivity contribution in [3.63, 3.8) is 0 Å². The van der Waals surface area contributed by atoms with Crippen molar-refractivity contribution < 1.29 is 17.9 Å². The molecule has 0 fully saturated rings. The number of benzene rings is 2. The molecular formula is C21H18N4O4S2. The van der Waals surface area contributed by atoms with Gasteiger partial charge in [-0.05, 0) is 41.8 Å². The summed E-state index contributed by atoms with van der Waals surface area (Å²) in [6.07, 6.45) is 1.64. The van der Waals surface area contributed by atoms with Gasteiger partial charge in [0.15, 0.2) is 0 Å². The van der Waals surface area contributed by atoms with Gasteiger partial charge >= 0.3 is 0 Å². The largest absolute Gasteiger partial charge is 0.495 e. The molecule has 1 amide bonds. The lowest BCUT2D eigenvalue weighted by Gasteiger charge is -2.10. The Morgan fingerprint density at radius 3 is 2.55 bits per heavy atom. The molecule has 0 radical (unpaired) electrons. The normalized spacial score (nSPS) is 11.3. The number of primary sulfonamides is 1. The lowest BCUT2D eigenvalue weighted by Crippen LogP contribution is -2.16. The Morgan fingerprint density at radius 1 is 1.13 bits per heavy atom. The highest BCUT2D eigenvalue weighted by Gasteiger charge is 2.21. The monoisotopic (exact) mass is 454 g/mol. The number of amides is 1. The van der Waals surface area contributed by atoms with E-state index < -0.39 is 15.9 Å². The van der Waals surface area contributed by atoms with Gasteiger partial charge in [0.25, 0.3) is 5.91 Å². The van der Waals surface area contributed by atoms with Crippen LogP contribution in [0.3, 0.4) is 0 Å². The van der Waals surface area contributed by atoms with Gasteiger partial charge in [0, 0.05) is 11.9 Å². The molecule has 0 atom stereocenters. The fraction of sp³-hybridized carbons (Fsp3) is 0.0476. The van der Waals surface area contributed by atoms with E-state index in [9.17, 15) is 13.2 Å². The number of carbonyl (C=O) groups excluding carboxylic acids is 1. The summed E-state index contributed by atoms with van der Waals surface area (Å²) >= 11 is 1.46. The number of thiophene rings is 1. The number of rotatable bonds is 6. The van der Waals surface area contributed by atoms with Crippen LogP contribution in [0.15, 0.2) is 77.1 Å². The van der Waals surface area contributed by atoms with Crippen molar-refractivity contribution in [1.82, 2.24) is 9.78 Å². The molecule has 4 rings (SSSR count). The number of anilines is 1. The molecule has 0 spiro atoms. The quantitative estimate of drug-likeness (QED) is 0.462. The van der Waals surface area contributed by atoms with E-state index in [0.29, 0.717) is 11.3 Å². The van der Waals surface area contributed by atoms with E-state index >= 15 is 0 Å². The number of methoxy groups -OCH3 is 1. The van der Waals surface area contributed by atoms with Gasteiger partial charge in [-0.2, -0.15) is 5.10 Å². The van der Waals surface area contributed by atoms with Crippen LogP contribution < -0.4 is 15.2 Å².